The number of hydrogen-bond donors (Lipinski definition) is 0. The summed E-state index contributed by atoms with van der Waals surface area (Å²) in [5.74, 6) is 0. The van der Waals surface area contributed by atoms with Crippen molar-refractivity contribution < 1.29 is 4.42 Å². The van der Waals surface area contributed by atoms with E-state index in [1.54, 1.807) is 0 Å². The van der Waals surface area contributed by atoms with E-state index in [4.69, 9.17) is 4.42 Å². The van der Waals surface area contributed by atoms with E-state index in [2.05, 4.69) is 138 Å². The zero-order chi connectivity index (χ0) is 31.1. The normalized spacial score (nSPS) is 11.8. The van der Waals surface area contributed by atoms with Gasteiger partial charge in [0.05, 0.1) is 28.4 Å². The Labute approximate surface area is 273 Å². The van der Waals surface area contributed by atoms with Gasteiger partial charge in [-0.2, -0.15) is 5.26 Å². The highest BCUT2D eigenvalue weighted by Gasteiger charge is 2.22. The van der Waals surface area contributed by atoms with Crippen molar-refractivity contribution in [3.8, 4) is 34.0 Å². The van der Waals surface area contributed by atoms with Gasteiger partial charge in [-0.05, 0) is 71.3 Å². The topological polar surface area (TPSA) is 41.9 Å². The predicted octanol–water partition coefficient (Wildman–Crippen LogP) is 12.3. The molecular weight excluding hydrogens is 593 g/mol. The van der Waals surface area contributed by atoms with Crippen molar-refractivity contribution in [2.75, 3.05) is 0 Å². The smallest absolute Gasteiger partial charge is 0.159 e. The standard InChI is InChI=1S/C43H24N2OS/c44-25-26-17-21-37-34(23-26)31-11-4-6-14-36(31)45(37)38-15-8-13-33-41-29(19-20-30(43(41)46-42(33)38)27-9-2-1-3-10-27)28-18-22-40-35(24-28)32-12-5-7-16-39(32)47-40/h1-24H. The van der Waals surface area contributed by atoms with Crippen LogP contribution in [0.25, 0.3) is 91.9 Å². The van der Waals surface area contributed by atoms with Gasteiger partial charge in [0, 0.05) is 47.3 Å². The number of hydrogen-bond acceptors (Lipinski definition) is 3. The Kier molecular flexibility index (Phi) is 5.51. The Bertz CT molecular complexity index is 2920. The van der Waals surface area contributed by atoms with Crippen LogP contribution in [-0.2, 0) is 0 Å². The number of furan rings is 1. The van der Waals surface area contributed by atoms with E-state index in [-0.39, 0.29) is 0 Å². The Morgan fingerprint density at radius 3 is 2.15 bits per heavy atom. The molecular formula is C43H24N2OS. The van der Waals surface area contributed by atoms with E-state index in [0.29, 0.717) is 5.56 Å². The summed E-state index contributed by atoms with van der Waals surface area (Å²) in [5, 5.41) is 16.6. The largest absolute Gasteiger partial charge is 0.453 e. The molecule has 10 aromatic rings. The number of thiophene rings is 1. The molecule has 0 bridgehead atoms. The molecule has 0 spiro atoms. The van der Waals surface area contributed by atoms with Gasteiger partial charge in [-0.15, -0.1) is 11.3 Å². The summed E-state index contributed by atoms with van der Waals surface area (Å²) >= 11 is 1.84. The van der Waals surface area contributed by atoms with Crippen molar-refractivity contribution in [3.63, 3.8) is 0 Å². The van der Waals surface area contributed by atoms with Gasteiger partial charge < -0.3 is 8.98 Å². The summed E-state index contributed by atoms with van der Waals surface area (Å²) in [6.45, 7) is 0. The maximum absolute atomic E-state index is 9.68. The van der Waals surface area contributed by atoms with Crippen LogP contribution in [0, 0.1) is 11.3 Å². The van der Waals surface area contributed by atoms with E-state index in [1.807, 2.05) is 29.5 Å². The Morgan fingerprint density at radius 2 is 1.26 bits per heavy atom. The number of rotatable bonds is 3. The minimum Gasteiger partial charge on any atom is -0.453 e. The highest BCUT2D eigenvalue weighted by molar-refractivity contribution is 7.25. The second-order valence-electron chi connectivity index (χ2n) is 12.0. The van der Waals surface area contributed by atoms with Gasteiger partial charge in [0.1, 0.15) is 5.58 Å². The number of benzene rings is 7. The average molecular weight is 617 g/mol. The molecule has 0 unspecified atom stereocenters. The molecule has 3 aromatic heterocycles. The van der Waals surface area contributed by atoms with Gasteiger partial charge in [0.25, 0.3) is 0 Å². The molecule has 0 atom stereocenters. The molecule has 0 N–H and O–H groups in total. The fourth-order valence-corrected chi connectivity index (χ4v) is 8.43. The van der Waals surface area contributed by atoms with Crippen LogP contribution in [0.15, 0.2) is 150 Å². The number of fused-ring (bicyclic) bond motifs is 9. The van der Waals surface area contributed by atoms with Crippen molar-refractivity contribution in [2.24, 2.45) is 0 Å². The number of nitrogens with zero attached hydrogens (tertiary/aromatic N) is 2. The Morgan fingerprint density at radius 1 is 0.511 bits per heavy atom. The van der Waals surface area contributed by atoms with Gasteiger partial charge in [-0.25, -0.2) is 0 Å². The van der Waals surface area contributed by atoms with Gasteiger partial charge in [-0.3, -0.25) is 0 Å². The molecule has 3 heterocycles. The van der Waals surface area contributed by atoms with Gasteiger partial charge >= 0.3 is 0 Å². The van der Waals surface area contributed by atoms with Crippen LogP contribution in [0.4, 0.5) is 0 Å². The lowest BCUT2D eigenvalue weighted by molar-refractivity contribution is 0.667. The first kappa shape index (κ1) is 26.1. The third-order valence-electron chi connectivity index (χ3n) is 9.44. The molecule has 0 amide bonds. The average Bonchev–Trinajstić information content (AvgIpc) is 3.81. The molecule has 0 aliphatic rings. The molecule has 0 saturated heterocycles. The van der Waals surface area contributed by atoms with Crippen molar-refractivity contribution in [1.29, 1.82) is 5.26 Å². The van der Waals surface area contributed by atoms with Crippen molar-refractivity contribution in [1.82, 2.24) is 4.57 Å². The summed E-state index contributed by atoms with van der Waals surface area (Å²) in [5.41, 5.74) is 9.93. The van der Waals surface area contributed by atoms with E-state index < -0.39 is 0 Å². The lowest BCUT2D eigenvalue weighted by Gasteiger charge is -2.09. The van der Waals surface area contributed by atoms with Crippen molar-refractivity contribution in [3.05, 3.63) is 151 Å². The Hall–Kier alpha value is -6.15. The fourth-order valence-electron chi connectivity index (χ4n) is 7.34. The van der Waals surface area contributed by atoms with Crippen LogP contribution in [-0.4, -0.2) is 4.57 Å². The minimum absolute atomic E-state index is 0.648. The van der Waals surface area contributed by atoms with Crippen LogP contribution >= 0.6 is 11.3 Å². The lowest BCUT2D eigenvalue weighted by atomic mass is 9.94. The molecule has 0 saturated carbocycles. The fraction of sp³-hybridized carbons (Fsp3) is 0. The predicted molar refractivity (Wildman–Crippen MR) is 197 cm³/mol. The summed E-state index contributed by atoms with van der Waals surface area (Å²) in [4.78, 5) is 0. The maximum atomic E-state index is 9.68. The highest BCUT2D eigenvalue weighted by Crippen LogP contribution is 2.45. The zero-order valence-electron chi connectivity index (χ0n) is 25.1. The minimum atomic E-state index is 0.648. The third-order valence-corrected chi connectivity index (χ3v) is 10.6. The number of para-hydroxylation sites is 2. The molecule has 4 heteroatoms. The molecule has 218 valence electrons. The summed E-state index contributed by atoms with van der Waals surface area (Å²) in [6.07, 6.45) is 0. The third kappa shape index (κ3) is 3.78. The first-order chi connectivity index (χ1) is 23.3. The monoisotopic (exact) mass is 616 g/mol. The first-order valence-electron chi connectivity index (χ1n) is 15.7. The molecule has 47 heavy (non-hydrogen) atoms. The van der Waals surface area contributed by atoms with Crippen molar-refractivity contribution in [2.45, 2.75) is 0 Å². The lowest BCUT2D eigenvalue weighted by Crippen LogP contribution is -1.94. The van der Waals surface area contributed by atoms with E-state index in [9.17, 15) is 5.26 Å². The summed E-state index contributed by atoms with van der Waals surface area (Å²) in [6, 6.07) is 53.5. The number of nitriles is 1. The van der Waals surface area contributed by atoms with Crippen molar-refractivity contribution >= 4 is 75.3 Å². The van der Waals surface area contributed by atoms with Crippen LogP contribution in [0.3, 0.4) is 0 Å². The van der Waals surface area contributed by atoms with Crippen LogP contribution < -0.4 is 0 Å². The summed E-state index contributed by atoms with van der Waals surface area (Å²) < 4.78 is 11.9. The molecule has 0 fully saturated rings. The molecule has 0 radical (unpaired) electrons. The van der Waals surface area contributed by atoms with Crippen LogP contribution in [0.5, 0.6) is 0 Å². The quantitative estimate of drug-likeness (QED) is 0.198. The molecule has 0 aliphatic carbocycles. The Balaban J connectivity index is 1.31. The van der Waals surface area contributed by atoms with Gasteiger partial charge in [0.15, 0.2) is 5.58 Å². The molecule has 3 nitrogen and oxygen atoms in total. The number of aromatic nitrogens is 1. The molecule has 10 rings (SSSR count). The van der Waals surface area contributed by atoms with Crippen LogP contribution in [0.1, 0.15) is 5.56 Å². The SMILES string of the molecule is N#Cc1ccc2c(c1)c1ccccc1n2-c1cccc2c1oc1c(-c3ccccc3)ccc(-c3ccc4sc5ccccc5c4c3)c12. The maximum Gasteiger partial charge on any atom is 0.159 e. The zero-order valence-corrected chi connectivity index (χ0v) is 25.9. The van der Waals surface area contributed by atoms with E-state index >= 15 is 0 Å². The second-order valence-corrected chi connectivity index (χ2v) is 13.1. The molecule has 0 aliphatic heterocycles. The summed E-state index contributed by atoms with van der Waals surface area (Å²) in [7, 11) is 0. The second kappa shape index (κ2) is 9.92. The van der Waals surface area contributed by atoms with Crippen LogP contribution in [0.2, 0.25) is 0 Å². The van der Waals surface area contributed by atoms with E-state index in [1.165, 1.54) is 25.7 Å². The van der Waals surface area contributed by atoms with E-state index in [0.717, 1.165) is 66.1 Å². The van der Waals surface area contributed by atoms with Gasteiger partial charge in [0.2, 0.25) is 0 Å². The first-order valence-corrected chi connectivity index (χ1v) is 16.5. The highest BCUT2D eigenvalue weighted by atomic mass is 32.1. The van der Waals surface area contributed by atoms with Gasteiger partial charge in [-0.1, -0.05) is 91.0 Å². The molecule has 7 aromatic carbocycles.